The molecule has 30 heteroatoms. The number of hydrogen-bond donors (Lipinski definition) is 4. The number of carbonyl (C=O) groups is 11. The molecule has 6 aliphatic heterocycles. The van der Waals surface area contributed by atoms with Crippen molar-refractivity contribution in [3.8, 4) is 11.1 Å². The fraction of sp³-hybridized carbons (Fsp3) is 0.699. The number of oxime groups is 2. The molecular formula is C83H122N6O23S. The SMILES string of the molecule is CC(C)(C)[C@H](NC(=O)O[C@H]1CCOC1)C(=O)O.CCC[C@H](CC(=O)[C@@H]1C[C@]2(CC(C(=O)OCC)=NO2)CN1C(=O)OCC1c2ccccc2-c2ccccc21)C(OC)C(=O)CC1CC1.CCC[C@H](CC(=O)[C@@H]1C[C@]2(CC(C(=O)OCC)=NO2)CN1C(=O)[C@@H](NC(=O)O[C@H]1CCOC1)C(C)(C)C)C(OC)C(=O)CC1CC1.CS.[3H]C. The number of ether oxygens (including phenoxy) is 9. The molecule has 6 heterocycles. The third-order valence-corrected chi connectivity index (χ3v) is 21.8. The van der Waals surface area contributed by atoms with E-state index in [0.29, 0.717) is 70.2 Å². The zero-order valence-electron chi connectivity index (χ0n) is 69.4. The van der Waals surface area contributed by atoms with Gasteiger partial charge in [-0.2, -0.15) is 12.6 Å². The number of amides is 4. The van der Waals surface area contributed by atoms with Crippen molar-refractivity contribution < 1.29 is 112 Å². The monoisotopic (exact) mass is 1600 g/mol. The summed E-state index contributed by atoms with van der Waals surface area (Å²) in [6.07, 6.45) is 7.09. The molecule has 2 saturated carbocycles. The highest BCUT2D eigenvalue weighted by atomic mass is 32.1. The quantitative estimate of drug-likeness (QED) is 0.0300. The zero-order valence-corrected chi connectivity index (χ0v) is 69.3. The summed E-state index contributed by atoms with van der Waals surface area (Å²) in [5.74, 6) is -3.17. The van der Waals surface area contributed by atoms with Crippen molar-refractivity contribution in [3.05, 3.63) is 59.7 Å². The fourth-order valence-corrected chi connectivity index (χ4v) is 15.8. The minimum absolute atomic E-state index is 0.00171. The lowest BCUT2D eigenvalue weighted by molar-refractivity contribution is -0.143. The molecule has 4 amide bonds. The fourth-order valence-electron chi connectivity index (χ4n) is 15.8. The molecule has 3 aliphatic carbocycles. The molecule has 6 fully saturated rings. The van der Waals surface area contributed by atoms with Crippen LogP contribution < -0.4 is 10.6 Å². The molecule has 12 atom stereocenters. The molecule has 113 heavy (non-hydrogen) atoms. The van der Waals surface area contributed by atoms with E-state index in [0.717, 1.165) is 60.8 Å². The number of fused-ring (bicyclic) bond motifs is 3. The highest BCUT2D eigenvalue weighted by Gasteiger charge is 2.58. The standard InChI is InChI=1S/C37H44N2O8.C33H51N3O10.C11H19NO5.CH4S.CH4/c1-4-10-24(34(44-3)33(41)17-23-15-16-23)18-32(40)31-20-37(19-30(38-47-37)35(42)45-5-2)22-39(31)36(43)46-21-29-27-13-8-6-11-25(27)26-12-7-9-14-28(26)29;1-7-9-21(27(42-6)26(38)14-20-10-11-20)15-25(37)24-17-33(16-23(35-46-33)30(40)44-8-2)19-36(24)29(39)28(32(3,4)5)34-31(41)45-22-12-13-43-18-22;1-11(2,3)8(9(13)14)12-10(15)17-7-4-5-16-6-7;1-2;/h6-9,11-14,23-24,29,31,34H,4-5,10,15-22H2,1-3H3;20-22,24,27-28H,7-19H2,1-6H3,(H,34,41);7-8H,4-6H2,1-3H3,(H,12,15)(H,13,14);2H,1H3;1H4/t24-,31+,34?,37-;21-,22+,24+,27?,28-,33-;7-,8+;;/m110../s1/i;;;;1T. The van der Waals surface area contributed by atoms with Gasteiger partial charge in [0.05, 0.1) is 64.8 Å². The van der Waals surface area contributed by atoms with E-state index in [1.807, 2.05) is 58.9 Å². The number of Topliss-reactive ketones (excluding diaryl/α,β-unsaturated/α-hetero) is 4. The molecule has 0 radical (unpaired) electrons. The van der Waals surface area contributed by atoms with Crippen molar-refractivity contribution >= 4 is 89.3 Å². The molecule has 4 saturated heterocycles. The predicted molar refractivity (Wildman–Crippen MR) is 421 cm³/mol. The van der Waals surface area contributed by atoms with Gasteiger partial charge in [0.1, 0.15) is 43.1 Å². The van der Waals surface area contributed by atoms with E-state index < -0.39 is 107 Å². The molecule has 2 spiro atoms. The number of hydrogen-bond acceptors (Lipinski definition) is 25. The molecule has 0 bridgehead atoms. The summed E-state index contributed by atoms with van der Waals surface area (Å²) >= 11 is 3.53. The number of aliphatic carboxylic acids is 1. The van der Waals surface area contributed by atoms with Crippen LogP contribution >= 0.6 is 12.6 Å². The van der Waals surface area contributed by atoms with Gasteiger partial charge in [0.2, 0.25) is 5.91 Å². The Balaban J connectivity index is 0.000000253. The Bertz CT molecular complexity index is 3650. The maximum Gasteiger partial charge on any atom is 0.410 e. The summed E-state index contributed by atoms with van der Waals surface area (Å²) in [6.45, 7) is 20.3. The van der Waals surface area contributed by atoms with Crippen LogP contribution in [0.15, 0.2) is 58.8 Å². The molecule has 2 aromatic rings. The second kappa shape index (κ2) is 42.0. The van der Waals surface area contributed by atoms with Crippen LogP contribution in [0.2, 0.25) is 0 Å². The van der Waals surface area contributed by atoms with E-state index in [-0.39, 0.29) is 136 Å². The number of benzene rings is 2. The minimum atomic E-state index is -1.12. The average molecular weight is 1610 g/mol. The Hall–Kier alpha value is -8.06. The summed E-state index contributed by atoms with van der Waals surface area (Å²) in [5, 5.41) is 22.1. The van der Waals surface area contributed by atoms with Gasteiger partial charge in [-0.3, -0.25) is 28.9 Å². The number of nitrogens with one attached hydrogen (secondary N) is 2. The van der Waals surface area contributed by atoms with E-state index in [2.05, 4.69) is 57.8 Å². The summed E-state index contributed by atoms with van der Waals surface area (Å²) in [5.41, 5.74) is 1.11. The first-order chi connectivity index (χ1) is 54.4. The molecule has 3 N–H and O–H groups in total. The number of alkyl carbamates (subject to hydrolysis) is 2. The van der Waals surface area contributed by atoms with E-state index in [1.54, 1.807) is 40.9 Å². The first-order valence-electron chi connectivity index (χ1n) is 40.6. The van der Waals surface area contributed by atoms with Gasteiger partial charge in [0.15, 0.2) is 45.8 Å². The molecule has 11 rings (SSSR count). The van der Waals surface area contributed by atoms with Gasteiger partial charge >= 0.3 is 36.2 Å². The summed E-state index contributed by atoms with van der Waals surface area (Å²) in [4.78, 5) is 158. The smallest absolute Gasteiger partial charge is 0.410 e. The van der Waals surface area contributed by atoms with E-state index >= 15 is 0 Å². The van der Waals surface area contributed by atoms with Crippen LogP contribution in [-0.4, -0.2) is 231 Å². The van der Waals surface area contributed by atoms with Crippen molar-refractivity contribution in [2.75, 3.05) is 79.8 Å². The highest BCUT2D eigenvalue weighted by molar-refractivity contribution is 7.79. The van der Waals surface area contributed by atoms with Gasteiger partial charge in [-0.05, 0) is 115 Å². The number of thiol groups is 1. The number of carboxylic acids is 1. The summed E-state index contributed by atoms with van der Waals surface area (Å²) in [7, 11) is 4.27. The lowest BCUT2D eigenvalue weighted by atomic mass is 9.84. The van der Waals surface area contributed by atoms with Crippen LogP contribution in [0.25, 0.3) is 11.1 Å². The number of methoxy groups -OCH3 is 2. The topological polar surface area (TPSA) is 365 Å². The molecule has 9 aliphatic rings. The normalized spacial score (nSPS) is 23.5. The van der Waals surface area contributed by atoms with Crippen LogP contribution in [-0.2, 0) is 90.7 Å². The van der Waals surface area contributed by atoms with Gasteiger partial charge < -0.3 is 72.9 Å². The minimum Gasteiger partial charge on any atom is -0.480 e. The Labute approximate surface area is 671 Å². The first-order valence-corrected chi connectivity index (χ1v) is 40.5. The van der Waals surface area contributed by atoms with Gasteiger partial charge in [-0.25, -0.2) is 28.8 Å². The molecule has 0 aromatic heterocycles. The number of ketones is 4. The average Bonchev–Trinajstić information content (AvgIpc) is 1.61. The third kappa shape index (κ3) is 24.7. The van der Waals surface area contributed by atoms with E-state index in [1.165, 1.54) is 31.4 Å². The van der Waals surface area contributed by atoms with Crippen molar-refractivity contribution in [2.45, 2.75) is 258 Å². The second-order valence-electron chi connectivity index (χ2n) is 32.7. The number of esters is 2. The van der Waals surface area contributed by atoms with Crippen LogP contribution in [0.4, 0.5) is 14.4 Å². The van der Waals surface area contributed by atoms with Crippen LogP contribution in [0.3, 0.4) is 0 Å². The Kier molecular flexibility index (Phi) is 33.6. The van der Waals surface area contributed by atoms with Crippen LogP contribution in [0.5, 0.6) is 0 Å². The maximum atomic E-state index is 14.4. The molecular weight excluding hydrogens is 1480 g/mol. The number of carbonyl (C=O) groups excluding carboxylic acids is 10. The molecule has 2 aromatic carbocycles. The van der Waals surface area contributed by atoms with E-state index in [4.69, 9.17) is 58.8 Å². The number of nitrogens with zero attached hydrogens (tertiary/aromatic N) is 4. The predicted octanol–water partition coefficient (Wildman–Crippen LogP) is 11.4. The Morgan fingerprint density at radius 1 is 0.602 bits per heavy atom. The van der Waals surface area contributed by atoms with Crippen molar-refractivity contribution in [1.82, 2.24) is 20.4 Å². The maximum absolute atomic E-state index is 14.4. The lowest BCUT2D eigenvalue weighted by Gasteiger charge is -2.35. The summed E-state index contributed by atoms with van der Waals surface area (Å²) in [6, 6.07) is 12.4. The van der Waals surface area contributed by atoms with Crippen LogP contribution in [0, 0.1) is 34.5 Å². The van der Waals surface area contributed by atoms with Gasteiger partial charge in [0.25, 0.3) is 0 Å². The Morgan fingerprint density at radius 2 is 1.01 bits per heavy atom. The van der Waals surface area contributed by atoms with Crippen molar-refractivity contribution in [2.24, 2.45) is 44.8 Å². The number of likely N-dealkylation sites (tertiary alicyclic amines) is 2. The molecule has 2 unspecified atom stereocenters. The van der Waals surface area contributed by atoms with Crippen LogP contribution in [0.1, 0.15) is 211 Å². The second-order valence-corrected chi connectivity index (χ2v) is 32.7. The van der Waals surface area contributed by atoms with Crippen molar-refractivity contribution in [1.29, 1.82) is 0 Å². The van der Waals surface area contributed by atoms with Gasteiger partial charge in [0, 0.05) is 85.7 Å². The van der Waals surface area contributed by atoms with Crippen molar-refractivity contribution in [3.63, 3.8) is 0 Å². The van der Waals surface area contributed by atoms with E-state index in [9.17, 15) is 52.7 Å². The lowest BCUT2D eigenvalue weighted by Crippen LogP contribution is -2.57. The van der Waals surface area contributed by atoms with Gasteiger partial charge in [-0.15, -0.1) is 0 Å². The largest absolute Gasteiger partial charge is 0.480 e. The third-order valence-electron chi connectivity index (χ3n) is 21.8. The number of rotatable bonds is 32. The zero-order chi connectivity index (χ0) is 83.8. The number of carboxylic acid groups (broad SMARTS) is 1. The molecule has 628 valence electrons. The van der Waals surface area contributed by atoms with Gasteiger partial charge in [-0.1, -0.05) is 134 Å². The summed E-state index contributed by atoms with van der Waals surface area (Å²) < 4.78 is 54.3. The first kappa shape index (κ1) is 90.5. The molecule has 29 nitrogen and oxygen atoms in total. The Morgan fingerprint density at radius 3 is 1.38 bits per heavy atom. The highest BCUT2D eigenvalue weighted by Crippen LogP contribution is 2.47.